The third-order valence-electron chi connectivity index (χ3n) is 4.65. The first kappa shape index (κ1) is 20.7. The highest BCUT2D eigenvalue weighted by Crippen LogP contribution is 2.38. The number of carbonyl (C=O) groups excluding carboxylic acids is 2. The minimum atomic E-state index is -0.618. The van der Waals surface area contributed by atoms with Crippen LogP contribution in [-0.2, 0) is 4.79 Å². The van der Waals surface area contributed by atoms with Gasteiger partial charge < -0.3 is 15.0 Å². The summed E-state index contributed by atoms with van der Waals surface area (Å²) in [5.41, 5.74) is 0.685. The molecule has 2 heterocycles. The fourth-order valence-corrected chi connectivity index (χ4v) is 3.90. The summed E-state index contributed by atoms with van der Waals surface area (Å²) in [7, 11) is 0. The fraction of sp³-hybridized carbons (Fsp3) is 0.429. The van der Waals surface area contributed by atoms with Gasteiger partial charge in [0.15, 0.2) is 0 Å². The quantitative estimate of drug-likeness (QED) is 0.699. The lowest BCUT2D eigenvalue weighted by Gasteiger charge is -2.28. The molecule has 0 atom stereocenters. The molecule has 5 nitrogen and oxygen atoms in total. The van der Waals surface area contributed by atoms with E-state index in [-0.39, 0.29) is 11.8 Å². The number of ether oxygens (including phenoxy) is 1. The number of amides is 2. The van der Waals surface area contributed by atoms with E-state index in [1.165, 1.54) is 11.3 Å². The summed E-state index contributed by atoms with van der Waals surface area (Å²) in [4.78, 5) is 27.9. The van der Waals surface area contributed by atoms with Crippen LogP contribution in [0, 0.1) is 11.3 Å². The molecule has 150 valence electrons. The Morgan fingerprint density at radius 2 is 2.07 bits per heavy atom. The van der Waals surface area contributed by atoms with Gasteiger partial charge >= 0.3 is 0 Å². The number of thiophene rings is 1. The van der Waals surface area contributed by atoms with Gasteiger partial charge in [0.2, 0.25) is 5.91 Å². The summed E-state index contributed by atoms with van der Waals surface area (Å²) in [6, 6.07) is 8.79. The molecule has 0 aliphatic carbocycles. The van der Waals surface area contributed by atoms with E-state index in [0.717, 1.165) is 6.42 Å². The van der Waals surface area contributed by atoms with Crippen LogP contribution in [0.3, 0.4) is 0 Å². The molecule has 0 saturated heterocycles. The topological polar surface area (TPSA) is 58.6 Å². The van der Waals surface area contributed by atoms with Crippen molar-refractivity contribution in [2.24, 2.45) is 11.3 Å². The Bertz CT molecular complexity index is 892. The molecule has 0 saturated carbocycles. The maximum atomic E-state index is 13.1. The fourth-order valence-electron chi connectivity index (χ4n) is 2.96. The van der Waals surface area contributed by atoms with Gasteiger partial charge in [-0.25, -0.2) is 0 Å². The van der Waals surface area contributed by atoms with Gasteiger partial charge in [-0.3, -0.25) is 9.59 Å². The van der Waals surface area contributed by atoms with E-state index >= 15 is 0 Å². The van der Waals surface area contributed by atoms with Gasteiger partial charge in [0.05, 0.1) is 20.3 Å². The van der Waals surface area contributed by atoms with E-state index in [1.54, 1.807) is 23.1 Å². The Morgan fingerprint density at radius 1 is 1.32 bits per heavy atom. The van der Waals surface area contributed by atoms with E-state index in [2.05, 4.69) is 19.2 Å². The first-order chi connectivity index (χ1) is 13.2. The van der Waals surface area contributed by atoms with Crippen molar-refractivity contribution in [2.75, 3.05) is 23.4 Å². The molecule has 7 heteroatoms. The molecular formula is C21H25ClN2O3S. The van der Waals surface area contributed by atoms with Crippen molar-refractivity contribution in [3.05, 3.63) is 39.5 Å². The predicted molar refractivity (Wildman–Crippen MR) is 115 cm³/mol. The molecule has 0 spiro atoms. The molecule has 0 fully saturated rings. The van der Waals surface area contributed by atoms with E-state index < -0.39 is 5.41 Å². The van der Waals surface area contributed by atoms with E-state index in [0.29, 0.717) is 45.4 Å². The second kappa shape index (κ2) is 8.13. The van der Waals surface area contributed by atoms with Gasteiger partial charge in [0.25, 0.3) is 5.91 Å². The van der Waals surface area contributed by atoms with Crippen molar-refractivity contribution in [2.45, 2.75) is 34.1 Å². The Hall–Kier alpha value is -2.05. The standard InChI is InChI=1S/C21H25ClN2O3S/c1-13(2)9-10-24-15-11-14(23-19(25)17-7-8-18(22)28-17)5-6-16(15)27-12-21(3,4)20(24)26/h5-8,11,13H,9-10,12H2,1-4H3,(H,23,25). The summed E-state index contributed by atoms with van der Waals surface area (Å²) in [5, 5.41) is 2.88. The first-order valence-corrected chi connectivity index (χ1v) is 10.5. The molecule has 28 heavy (non-hydrogen) atoms. The van der Waals surface area contributed by atoms with Gasteiger partial charge in [0, 0.05) is 12.2 Å². The number of halogens is 1. The molecule has 1 aromatic heterocycles. The largest absolute Gasteiger partial charge is 0.490 e. The van der Waals surface area contributed by atoms with Crippen molar-refractivity contribution in [3.8, 4) is 5.75 Å². The van der Waals surface area contributed by atoms with Crippen molar-refractivity contribution in [1.29, 1.82) is 0 Å². The highest BCUT2D eigenvalue weighted by atomic mass is 35.5. The molecule has 1 aliphatic heterocycles. The summed E-state index contributed by atoms with van der Waals surface area (Å²) >= 11 is 7.14. The third kappa shape index (κ3) is 4.50. The smallest absolute Gasteiger partial charge is 0.265 e. The number of fused-ring (bicyclic) bond motifs is 1. The average molecular weight is 421 g/mol. The number of rotatable bonds is 5. The lowest BCUT2D eigenvalue weighted by molar-refractivity contribution is -0.127. The number of anilines is 2. The molecule has 2 amide bonds. The molecule has 3 rings (SSSR count). The summed E-state index contributed by atoms with van der Waals surface area (Å²) < 4.78 is 6.49. The van der Waals surface area contributed by atoms with Crippen molar-refractivity contribution in [3.63, 3.8) is 0 Å². The second-order valence-corrected chi connectivity index (χ2v) is 9.77. The van der Waals surface area contributed by atoms with E-state index in [4.69, 9.17) is 16.3 Å². The Morgan fingerprint density at radius 3 is 2.71 bits per heavy atom. The number of nitrogens with one attached hydrogen (secondary N) is 1. The summed E-state index contributed by atoms with van der Waals surface area (Å²) in [6.45, 7) is 8.98. The van der Waals surface area contributed by atoms with Crippen LogP contribution in [-0.4, -0.2) is 25.0 Å². The highest BCUT2D eigenvalue weighted by molar-refractivity contribution is 7.18. The SMILES string of the molecule is CC(C)CCN1C(=O)C(C)(C)COc2ccc(NC(=O)c3ccc(Cl)s3)cc21. The van der Waals surface area contributed by atoms with Crippen LogP contribution >= 0.6 is 22.9 Å². The van der Waals surface area contributed by atoms with Crippen molar-refractivity contribution >= 4 is 46.1 Å². The Labute approximate surface area is 174 Å². The molecule has 0 unspecified atom stereocenters. The van der Waals surface area contributed by atoms with Gasteiger partial charge in [-0.2, -0.15) is 0 Å². The second-order valence-electron chi connectivity index (χ2n) is 8.05. The molecule has 1 aromatic carbocycles. The van der Waals surface area contributed by atoms with Crippen molar-refractivity contribution < 1.29 is 14.3 Å². The minimum absolute atomic E-state index is 0.0282. The van der Waals surface area contributed by atoms with Crippen molar-refractivity contribution in [1.82, 2.24) is 0 Å². The molecule has 1 aliphatic rings. The predicted octanol–water partition coefficient (Wildman–Crippen LogP) is 5.45. The summed E-state index contributed by atoms with van der Waals surface area (Å²) in [6.07, 6.45) is 0.880. The van der Waals surface area contributed by atoms with E-state index in [1.807, 2.05) is 26.0 Å². The molecule has 1 N–H and O–H groups in total. The number of benzene rings is 1. The van der Waals surface area contributed by atoms with Crippen LogP contribution in [0.15, 0.2) is 30.3 Å². The van der Waals surface area contributed by atoms with E-state index in [9.17, 15) is 9.59 Å². The molecule has 0 radical (unpaired) electrons. The normalized spacial score (nSPS) is 15.8. The van der Waals surface area contributed by atoms with Crippen LogP contribution in [0.1, 0.15) is 43.8 Å². The number of hydrogen-bond acceptors (Lipinski definition) is 4. The lowest BCUT2D eigenvalue weighted by atomic mass is 9.92. The van der Waals surface area contributed by atoms with Gasteiger partial charge in [0.1, 0.15) is 12.4 Å². The minimum Gasteiger partial charge on any atom is -0.490 e. The van der Waals surface area contributed by atoms with Crippen LogP contribution < -0.4 is 15.0 Å². The monoisotopic (exact) mass is 420 g/mol. The van der Waals surface area contributed by atoms with Gasteiger partial charge in [-0.1, -0.05) is 25.4 Å². The zero-order valence-corrected chi connectivity index (χ0v) is 18.1. The maximum absolute atomic E-state index is 13.1. The number of hydrogen-bond donors (Lipinski definition) is 1. The molecule has 0 bridgehead atoms. The molecular weight excluding hydrogens is 396 g/mol. The van der Waals surface area contributed by atoms with Gasteiger partial charge in [-0.05, 0) is 56.5 Å². The van der Waals surface area contributed by atoms with Gasteiger partial charge in [-0.15, -0.1) is 11.3 Å². The first-order valence-electron chi connectivity index (χ1n) is 9.33. The number of carbonyl (C=O) groups is 2. The zero-order valence-electron chi connectivity index (χ0n) is 16.5. The highest BCUT2D eigenvalue weighted by Gasteiger charge is 2.37. The van der Waals surface area contributed by atoms with Crippen LogP contribution in [0.2, 0.25) is 4.34 Å². The van der Waals surface area contributed by atoms with Crippen LogP contribution in [0.25, 0.3) is 0 Å². The zero-order chi connectivity index (χ0) is 20.5. The number of nitrogens with zero attached hydrogens (tertiary/aromatic N) is 1. The lowest BCUT2D eigenvalue weighted by Crippen LogP contribution is -2.42. The molecule has 2 aromatic rings. The van der Waals surface area contributed by atoms with Crippen LogP contribution in [0.4, 0.5) is 11.4 Å². The Balaban J connectivity index is 1.91. The Kier molecular flexibility index (Phi) is 6.01. The third-order valence-corrected chi connectivity index (χ3v) is 5.88. The maximum Gasteiger partial charge on any atom is 0.265 e. The summed E-state index contributed by atoms with van der Waals surface area (Å²) in [5.74, 6) is 0.919. The average Bonchev–Trinajstić information content (AvgIpc) is 3.03. The van der Waals surface area contributed by atoms with Crippen LogP contribution in [0.5, 0.6) is 5.75 Å².